The van der Waals surface area contributed by atoms with Crippen LogP contribution in [0.4, 0.5) is 0 Å². The maximum absolute atomic E-state index is 5.66. The standard InChI is InChI=1S/C10H15NOS/c1-8-7-11-10(13-8)6-9-4-2-3-5-12-9/h7,9H,2-6H2,1H3. The van der Waals surface area contributed by atoms with Crippen molar-refractivity contribution in [3.05, 3.63) is 16.1 Å². The molecule has 2 nitrogen and oxygen atoms in total. The van der Waals surface area contributed by atoms with Gasteiger partial charge < -0.3 is 4.74 Å². The molecular weight excluding hydrogens is 182 g/mol. The third-order valence-electron chi connectivity index (χ3n) is 2.35. The summed E-state index contributed by atoms with van der Waals surface area (Å²) in [5, 5.41) is 1.23. The van der Waals surface area contributed by atoms with Crippen molar-refractivity contribution in [2.75, 3.05) is 6.61 Å². The molecule has 0 spiro atoms. The second-order valence-electron chi connectivity index (χ2n) is 3.56. The Labute approximate surface area is 83.0 Å². The number of aryl methyl sites for hydroxylation is 1. The van der Waals surface area contributed by atoms with Crippen molar-refractivity contribution in [2.24, 2.45) is 0 Å². The van der Waals surface area contributed by atoms with Crippen molar-refractivity contribution in [1.29, 1.82) is 0 Å². The van der Waals surface area contributed by atoms with Gasteiger partial charge in [-0.25, -0.2) is 4.98 Å². The van der Waals surface area contributed by atoms with E-state index < -0.39 is 0 Å². The molecule has 0 aliphatic carbocycles. The van der Waals surface area contributed by atoms with Gasteiger partial charge in [0.05, 0.1) is 11.1 Å². The molecule has 1 aliphatic rings. The molecule has 1 aromatic rings. The number of nitrogens with zero attached hydrogens (tertiary/aromatic N) is 1. The van der Waals surface area contributed by atoms with E-state index in [-0.39, 0.29) is 0 Å². The van der Waals surface area contributed by atoms with Gasteiger partial charge in [0.15, 0.2) is 0 Å². The van der Waals surface area contributed by atoms with Crippen molar-refractivity contribution < 1.29 is 4.74 Å². The molecule has 0 saturated carbocycles. The molecule has 72 valence electrons. The van der Waals surface area contributed by atoms with Gasteiger partial charge in [0.1, 0.15) is 0 Å². The second kappa shape index (κ2) is 4.20. The van der Waals surface area contributed by atoms with Crippen LogP contribution in [0.15, 0.2) is 6.20 Å². The van der Waals surface area contributed by atoms with Crippen molar-refractivity contribution in [1.82, 2.24) is 4.98 Å². The van der Waals surface area contributed by atoms with Crippen molar-refractivity contribution in [3.63, 3.8) is 0 Å². The molecule has 1 atom stereocenters. The molecule has 1 aliphatic heterocycles. The average molecular weight is 197 g/mol. The first-order chi connectivity index (χ1) is 6.34. The molecule has 0 N–H and O–H groups in total. The van der Waals surface area contributed by atoms with Crippen LogP contribution in [0.5, 0.6) is 0 Å². The lowest BCUT2D eigenvalue weighted by Crippen LogP contribution is -2.21. The number of hydrogen-bond donors (Lipinski definition) is 0. The van der Waals surface area contributed by atoms with Crippen LogP contribution in [0.3, 0.4) is 0 Å². The Hall–Kier alpha value is -0.410. The van der Waals surface area contributed by atoms with E-state index in [1.807, 2.05) is 6.20 Å². The van der Waals surface area contributed by atoms with E-state index >= 15 is 0 Å². The number of hydrogen-bond acceptors (Lipinski definition) is 3. The highest BCUT2D eigenvalue weighted by Crippen LogP contribution is 2.19. The smallest absolute Gasteiger partial charge is 0.0953 e. The summed E-state index contributed by atoms with van der Waals surface area (Å²) in [5.74, 6) is 0. The van der Waals surface area contributed by atoms with Crippen LogP contribution >= 0.6 is 11.3 Å². The Morgan fingerprint density at radius 2 is 2.54 bits per heavy atom. The van der Waals surface area contributed by atoms with Gasteiger partial charge in [0, 0.05) is 24.1 Å². The Kier molecular flexibility index (Phi) is 2.96. The van der Waals surface area contributed by atoms with Gasteiger partial charge in [-0.3, -0.25) is 0 Å². The summed E-state index contributed by atoms with van der Waals surface area (Å²) in [6.45, 7) is 3.04. The lowest BCUT2D eigenvalue weighted by Gasteiger charge is -2.21. The van der Waals surface area contributed by atoms with Crippen LogP contribution in [-0.2, 0) is 11.2 Å². The van der Waals surface area contributed by atoms with Gasteiger partial charge in [-0.1, -0.05) is 0 Å². The van der Waals surface area contributed by atoms with Gasteiger partial charge in [-0.05, 0) is 26.2 Å². The third kappa shape index (κ3) is 2.51. The Bertz CT molecular complexity index is 266. The summed E-state index contributed by atoms with van der Waals surface area (Å²) in [7, 11) is 0. The van der Waals surface area contributed by atoms with E-state index in [2.05, 4.69) is 11.9 Å². The summed E-state index contributed by atoms with van der Waals surface area (Å²) in [5.41, 5.74) is 0. The Balaban J connectivity index is 1.89. The average Bonchev–Trinajstić information content (AvgIpc) is 2.53. The SMILES string of the molecule is Cc1cnc(CC2CCCCO2)s1. The minimum absolute atomic E-state index is 0.430. The minimum Gasteiger partial charge on any atom is -0.378 e. The van der Waals surface area contributed by atoms with E-state index in [4.69, 9.17) is 4.74 Å². The number of aromatic nitrogens is 1. The predicted octanol–water partition coefficient (Wildman–Crippen LogP) is 2.56. The summed E-state index contributed by atoms with van der Waals surface area (Å²) in [6.07, 6.45) is 7.14. The second-order valence-corrected chi connectivity index (χ2v) is 4.88. The van der Waals surface area contributed by atoms with E-state index in [1.54, 1.807) is 11.3 Å². The number of thiazole rings is 1. The highest BCUT2D eigenvalue weighted by Gasteiger charge is 2.15. The zero-order valence-corrected chi connectivity index (χ0v) is 8.77. The number of ether oxygens (including phenoxy) is 1. The molecule has 1 fully saturated rings. The van der Waals surface area contributed by atoms with Gasteiger partial charge in [0.2, 0.25) is 0 Å². The fraction of sp³-hybridized carbons (Fsp3) is 0.700. The molecule has 1 saturated heterocycles. The molecule has 0 radical (unpaired) electrons. The van der Waals surface area contributed by atoms with E-state index in [1.165, 1.54) is 29.1 Å². The molecule has 1 aromatic heterocycles. The summed E-state index contributed by atoms with van der Waals surface area (Å²) >= 11 is 1.79. The molecular formula is C10H15NOS. The van der Waals surface area contributed by atoms with Gasteiger partial charge >= 0.3 is 0 Å². The van der Waals surface area contributed by atoms with Crippen LogP contribution in [0.25, 0.3) is 0 Å². The van der Waals surface area contributed by atoms with E-state index in [0.29, 0.717) is 6.10 Å². The fourth-order valence-electron chi connectivity index (χ4n) is 1.66. The normalized spacial score (nSPS) is 23.3. The van der Waals surface area contributed by atoms with E-state index in [0.717, 1.165) is 13.0 Å². The van der Waals surface area contributed by atoms with Crippen LogP contribution < -0.4 is 0 Å². The summed E-state index contributed by atoms with van der Waals surface area (Å²) in [6, 6.07) is 0. The quantitative estimate of drug-likeness (QED) is 0.727. The highest BCUT2D eigenvalue weighted by molar-refractivity contribution is 7.11. The zero-order valence-electron chi connectivity index (χ0n) is 7.95. The summed E-state index contributed by atoms with van der Waals surface area (Å²) in [4.78, 5) is 5.65. The van der Waals surface area contributed by atoms with Crippen LogP contribution in [0.2, 0.25) is 0 Å². The molecule has 2 rings (SSSR count). The van der Waals surface area contributed by atoms with Crippen LogP contribution in [0.1, 0.15) is 29.1 Å². The lowest BCUT2D eigenvalue weighted by atomic mass is 10.1. The maximum Gasteiger partial charge on any atom is 0.0953 e. The van der Waals surface area contributed by atoms with Crippen molar-refractivity contribution in [3.8, 4) is 0 Å². The van der Waals surface area contributed by atoms with Crippen LogP contribution in [-0.4, -0.2) is 17.7 Å². The van der Waals surface area contributed by atoms with Gasteiger partial charge in [0.25, 0.3) is 0 Å². The molecule has 1 unspecified atom stereocenters. The maximum atomic E-state index is 5.66. The van der Waals surface area contributed by atoms with Crippen LogP contribution in [0, 0.1) is 6.92 Å². The first-order valence-electron chi connectivity index (χ1n) is 4.87. The van der Waals surface area contributed by atoms with E-state index in [9.17, 15) is 0 Å². The Morgan fingerprint density at radius 3 is 3.15 bits per heavy atom. The molecule has 0 amide bonds. The highest BCUT2D eigenvalue weighted by atomic mass is 32.1. The Morgan fingerprint density at radius 1 is 1.62 bits per heavy atom. The van der Waals surface area contributed by atoms with Crippen molar-refractivity contribution in [2.45, 2.75) is 38.7 Å². The third-order valence-corrected chi connectivity index (χ3v) is 3.28. The largest absolute Gasteiger partial charge is 0.378 e. The first kappa shape index (κ1) is 9.16. The first-order valence-corrected chi connectivity index (χ1v) is 5.69. The van der Waals surface area contributed by atoms with Crippen molar-refractivity contribution >= 4 is 11.3 Å². The van der Waals surface area contributed by atoms with Gasteiger partial charge in [-0.15, -0.1) is 11.3 Å². The molecule has 13 heavy (non-hydrogen) atoms. The molecule has 3 heteroatoms. The predicted molar refractivity (Wildman–Crippen MR) is 54.1 cm³/mol. The minimum atomic E-state index is 0.430. The monoisotopic (exact) mass is 197 g/mol. The zero-order chi connectivity index (χ0) is 9.10. The fourth-order valence-corrected chi connectivity index (χ4v) is 2.51. The lowest BCUT2D eigenvalue weighted by molar-refractivity contribution is 0.0168. The number of rotatable bonds is 2. The molecule has 0 bridgehead atoms. The molecule has 2 heterocycles. The summed E-state index contributed by atoms with van der Waals surface area (Å²) < 4.78 is 5.66. The van der Waals surface area contributed by atoms with Gasteiger partial charge in [-0.2, -0.15) is 0 Å². The molecule has 0 aromatic carbocycles. The topological polar surface area (TPSA) is 22.1 Å².